The van der Waals surface area contributed by atoms with Crippen LogP contribution < -0.4 is 5.32 Å². The van der Waals surface area contributed by atoms with Crippen LogP contribution in [0.3, 0.4) is 0 Å². The number of aliphatic hydroxyl groups is 1. The first-order valence-corrected chi connectivity index (χ1v) is 37.8. The van der Waals surface area contributed by atoms with Crippen molar-refractivity contribution in [2.45, 2.75) is 334 Å². The lowest BCUT2D eigenvalue weighted by Crippen LogP contribution is -2.45. The van der Waals surface area contributed by atoms with E-state index >= 15 is 0 Å². The van der Waals surface area contributed by atoms with Crippen LogP contribution in [0.2, 0.25) is 0 Å². The van der Waals surface area contributed by atoms with Gasteiger partial charge in [0, 0.05) is 6.42 Å². The summed E-state index contributed by atoms with van der Waals surface area (Å²) < 4.78 is 23.8. The summed E-state index contributed by atoms with van der Waals surface area (Å²) in [6.07, 6.45) is 98.1. The number of allylic oxidation sites excluding steroid dienone is 17. The Labute approximate surface area is 533 Å². The molecule has 0 saturated heterocycles. The molecule has 0 saturated carbocycles. The number of carbonyl (C=O) groups excluding carboxylic acids is 1. The molecule has 0 heterocycles. The first-order valence-electron chi connectivity index (χ1n) is 36.3. The van der Waals surface area contributed by atoms with Gasteiger partial charge in [-0.05, 0) is 83.5 Å². The predicted molar refractivity (Wildman–Crippen MR) is 378 cm³/mol. The third-order valence-electron chi connectivity index (χ3n) is 16.0. The Balaban J connectivity index is 4.12. The van der Waals surface area contributed by atoms with Crippen molar-refractivity contribution in [3.8, 4) is 0 Å². The Morgan fingerprint density at radius 1 is 0.407 bits per heavy atom. The van der Waals surface area contributed by atoms with Crippen molar-refractivity contribution in [2.75, 3.05) is 40.9 Å². The van der Waals surface area contributed by atoms with Crippen LogP contribution in [0.15, 0.2) is 109 Å². The molecule has 0 aliphatic rings. The van der Waals surface area contributed by atoms with E-state index in [0.29, 0.717) is 17.4 Å². The van der Waals surface area contributed by atoms with Crippen LogP contribution in [-0.4, -0.2) is 73.4 Å². The fourth-order valence-electron chi connectivity index (χ4n) is 10.4. The summed E-state index contributed by atoms with van der Waals surface area (Å²) in [5.41, 5.74) is 0. The second kappa shape index (κ2) is 66.6. The van der Waals surface area contributed by atoms with Crippen molar-refractivity contribution < 1.29 is 32.9 Å². The number of quaternary nitrogens is 1. The number of unbranched alkanes of at least 4 members (excludes halogenated alkanes) is 37. The Kier molecular flexibility index (Phi) is 64.4. The first-order chi connectivity index (χ1) is 42.0. The molecule has 3 atom stereocenters. The van der Waals surface area contributed by atoms with Gasteiger partial charge in [-0.25, -0.2) is 4.57 Å². The van der Waals surface area contributed by atoms with Crippen LogP contribution in [0.5, 0.6) is 0 Å². The minimum atomic E-state index is -4.37. The first kappa shape index (κ1) is 83.2. The molecular formula is C77H140N2O6P+. The van der Waals surface area contributed by atoms with E-state index in [9.17, 15) is 19.4 Å². The Hall–Kier alpha value is -2.84. The van der Waals surface area contributed by atoms with Crippen molar-refractivity contribution in [3.05, 3.63) is 109 Å². The molecule has 9 heteroatoms. The summed E-state index contributed by atoms with van der Waals surface area (Å²) in [6.45, 7) is 4.72. The van der Waals surface area contributed by atoms with E-state index in [1.54, 1.807) is 6.08 Å². The molecule has 3 unspecified atom stereocenters. The van der Waals surface area contributed by atoms with E-state index < -0.39 is 20.0 Å². The fraction of sp³-hybridized carbons (Fsp3) is 0.753. The van der Waals surface area contributed by atoms with Gasteiger partial charge in [-0.1, -0.05) is 342 Å². The number of hydrogen-bond acceptors (Lipinski definition) is 5. The molecule has 0 aromatic heterocycles. The molecule has 0 aromatic carbocycles. The molecule has 0 radical (unpaired) electrons. The second-order valence-electron chi connectivity index (χ2n) is 25.6. The number of phosphoric acid groups is 1. The number of amides is 1. The minimum Gasteiger partial charge on any atom is -0.387 e. The molecule has 0 aromatic rings. The molecule has 0 aliphatic heterocycles. The largest absolute Gasteiger partial charge is 0.472 e. The molecule has 3 N–H and O–H groups in total. The normalized spacial score (nSPS) is 14.3. The van der Waals surface area contributed by atoms with Gasteiger partial charge in [0.05, 0.1) is 39.9 Å². The van der Waals surface area contributed by atoms with Crippen molar-refractivity contribution in [1.82, 2.24) is 5.32 Å². The summed E-state index contributed by atoms with van der Waals surface area (Å²) in [4.78, 5) is 23.4. The number of likely N-dealkylation sites (N-methyl/N-ethyl adjacent to an activating group) is 1. The van der Waals surface area contributed by atoms with Crippen molar-refractivity contribution in [3.63, 3.8) is 0 Å². The number of rotatable bonds is 66. The minimum absolute atomic E-state index is 0.0551. The fourth-order valence-corrected chi connectivity index (χ4v) is 11.2. The monoisotopic (exact) mass is 1220 g/mol. The zero-order valence-corrected chi connectivity index (χ0v) is 57.9. The van der Waals surface area contributed by atoms with Gasteiger partial charge in [-0.15, -0.1) is 0 Å². The molecule has 0 spiro atoms. The maximum Gasteiger partial charge on any atom is 0.472 e. The zero-order valence-electron chi connectivity index (χ0n) is 57.0. The third kappa shape index (κ3) is 68.6. The average Bonchev–Trinajstić information content (AvgIpc) is 3.70. The van der Waals surface area contributed by atoms with Crippen molar-refractivity contribution >= 4 is 13.7 Å². The topological polar surface area (TPSA) is 105 Å². The zero-order chi connectivity index (χ0) is 62.6. The van der Waals surface area contributed by atoms with Gasteiger partial charge >= 0.3 is 7.82 Å². The molecule has 0 bridgehead atoms. The number of hydrogen-bond donors (Lipinski definition) is 3. The quantitative estimate of drug-likeness (QED) is 0.0243. The molecule has 8 nitrogen and oxygen atoms in total. The van der Waals surface area contributed by atoms with Gasteiger partial charge in [0.15, 0.2) is 0 Å². The Morgan fingerprint density at radius 3 is 1.02 bits per heavy atom. The van der Waals surface area contributed by atoms with Crippen LogP contribution in [0, 0.1) is 0 Å². The highest BCUT2D eigenvalue weighted by Crippen LogP contribution is 2.43. The summed E-state index contributed by atoms with van der Waals surface area (Å²) in [7, 11) is 1.56. The average molecular weight is 1220 g/mol. The maximum absolute atomic E-state index is 13.1. The van der Waals surface area contributed by atoms with Gasteiger partial charge in [-0.2, -0.15) is 0 Å². The smallest absolute Gasteiger partial charge is 0.387 e. The standard InChI is InChI=1S/C77H139N2O6P/c1-6-8-10-12-14-16-18-20-22-24-26-28-30-32-34-36-38-39-41-43-45-47-49-51-53-55-57-59-61-63-65-67-69-71-77(81)78-75(74-85-86(82,83)84-73-72-79(3,4)5)76(80)70-68-66-64-62-60-58-56-54-52-50-48-46-44-42-40-37-35-33-31-29-27-25-23-21-19-17-15-13-11-9-7-2/h8,10,14,16,20,22,26,28,32,34,38-39,43,45,49,51,68,70,75-76,80H,6-7,9,11-13,15,17-19,21,23-25,27,29-31,33,35-37,40-42,44,46-48,50,52-67,69,71-74H2,1-5H3,(H-,78,81,82,83)/p+1/b10-8-,16-14-,22-20-,28-26-,34-32-,39-38-,45-43-,51-49-,70-68+. The van der Waals surface area contributed by atoms with Gasteiger partial charge in [0.2, 0.25) is 5.91 Å². The van der Waals surface area contributed by atoms with Crippen LogP contribution in [0.4, 0.5) is 0 Å². The summed E-state index contributed by atoms with van der Waals surface area (Å²) in [5, 5.41) is 14.0. The summed E-state index contributed by atoms with van der Waals surface area (Å²) in [5.74, 6) is -0.186. The van der Waals surface area contributed by atoms with E-state index in [0.717, 1.165) is 96.3 Å². The van der Waals surface area contributed by atoms with Crippen LogP contribution >= 0.6 is 7.82 Å². The molecule has 0 rings (SSSR count). The van der Waals surface area contributed by atoms with Crippen molar-refractivity contribution in [1.29, 1.82) is 0 Å². The van der Waals surface area contributed by atoms with E-state index in [1.807, 2.05) is 27.2 Å². The van der Waals surface area contributed by atoms with Crippen LogP contribution in [0.1, 0.15) is 322 Å². The molecule has 86 heavy (non-hydrogen) atoms. The van der Waals surface area contributed by atoms with Crippen LogP contribution in [-0.2, 0) is 18.4 Å². The lowest BCUT2D eigenvalue weighted by molar-refractivity contribution is -0.870. The lowest BCUT2D eigenvalue weighted by atomic mass is 10.0. The number of carbonyl (C=O) groups is 1. The molecule has 498 valence electrons. The molecule has 0 aliphatic carbocycles. The molecule has 0 fully saturated rings. The number of nitrogens with one attached hydrogen (secondary N) is 1. The molecular weight excluding hydrogens is 1080 g/mol. The van der Waals surface area contributed by atoms with E-state index in [1.165, 1.54) is 205 Å². The Bertz CT molecular complexity index is 1770. The Morgan fingerprint density at radius 2 is 0.698 bits per heavy atom. The highest BCUT2D eigenvalue weighted by molar-refractivity contribution is 7.47. The third-order valence-corrected chi connectivity index (χ3v) is 17.0. The number of nitrogens with zero attached hydrogens (tertiary/aromatic N) is 1. The van der Waals surface area contributed by atoms with Gasteiger partial charge in [0.1, 0.15) is 13.2 Å². The van der Waals surface area contributed by atoms with Gasteiger partial charge in [-0.3, -0.25) is 13.8 Å². The summed E-state index contributed by atoms with van der Waals surface area (Å²) >= 11 is 0. The van der Waals surface area contributed by atoms with Crippen LogP contribution in [0.25, 0.3) is 0 Å². The maximum atomic E-state index is 13.1. The molecule has 1 amide bonds. The van der Waals surface area contributed by atoms with E-state index in [-0.39, 0.29) is 19.1 Å². The van der Waals surface area contributed by atoms with E-state index in [4.69, 9.17) is 9.05 Å². The van der Waals surface area contributed by atoms with E-state index in [2.05, 4.69) is 116 Å². The lowest BCUT2D eigenvalue weighted by Gasteiger charge is -2.25. The number of phosphoric ester groups is 1. The van der Waals surface area contributed by atoms with Crippen molar-refractivity contribution in [2.24, 2.45) is 0 Å². The predicted octanol–water partition coefficient (Wildman–Crippen LogP) is 23.4. The summed E-state index contributed by atoms with van der Waals surface area (Å²) in [6, 6.07) is -0.861. The van der Waals surface area contributed by atoms with Gasteiger partial charge < -0.3 is 19.8 Å². The number of aliphatic hydroxyl groups excluding tert-OH is 1. The highest BCUT2D eigenvalue weighted by Gasteiger charge is 2.28. The second-order valence-corrected chi connectivity index (χ2v) is 27.0. The van der Waals surface area contributed by atoms with Gasteiger partial charge in [0.25, 0.3) is 0 Å². The highest BCUT2D eigenvalue weighted by atomic mass is 31.2. The SMILES string of the molecule is CC/C=C\C/C=C\C/C=C\C/C=C\C/C=C\C/C=C\C/C=C\C/C=C\CCCCCCCCCCC(=O)NC(COP(=O)(O)OCC[N+](C)(C)C)C(O)/C=C/CCCCCCCCCCCCCCCCCCCCCCCCCCCCCCC.